The first-order valence-corrected chi connectivity index (χ1v) is 6.60. The van der Waals surface area contributed by atoms with Crippen molar-refractivity contribution in [2.45, 2.75) is 13.8 Å². The van der Waals surface area contributed by atoms with Crippen molar-refractivity contribution >= 4 is 23.3 Å². The lowest BCUT2D eigenvalue weighted by Gasteiger charge is -2.09. The molecule has 0 atom stereocenters. The summed E-state index contributed by atoms with van der Waals surface area (Å²) in [6.45, 7) is 2.59. The highest BCUT2D eigenvalue weighted by molar-refractivity contribution is 6.04. The SMILES string of the molecule is CC(=O)c1ccccc1NC(=O)COC(=O)c1ccoc1C. The minimum Gasteiger partial charge on any atom is -0.469 e. The van der Waals surface area contributed by atoms with Crippen LogP contribution in [0.5, 0.6) is 0 Å². The highest BCUT2D eigenvalue weighted by Gasteiger charge is 2.15. The van der Waals surface area contributed by atoms with Crippen LogP contribution in [0.2, 0.25) is 0 Å². The Kier molecular flexibility index (Phi) is 4.73. The molecule has 0 unspecified atom stereocenters. The molecule has 6 nitrogen and oxygen atoms in total. The molecule has 2 aromatic rings. The molecular weight excluding hydrogens is 286 g/mol. The Morgan fingerprint density at radius 3 is 2.50 bits per heavy atom. The molecule has 0 aliphatic carbocycles. The van der Waals surface area contributed by atoms with Crippen molar-refractivity contribution < 1.29 is 23.5 Å². The lowest BCUT2D eigenvalue weighted by molar-refractivity contribution is -0.119. The van der Waals surface area contributed by atoms with Gasteiger partial charge in [-0.3, -0.25) is 9.59 Å². The molecule has 2 rings (SSSR count). The average Bonchev–Trinajstić information content (AvgIpc) is 2.91. The fraction of sp³-hybridized carbons (Fsp3) is 0.188. The van der Waals surface area contributed by atoms with E-state index in [2.05, 4.69) is 5.32 Å². The minimum atomic E-state index is -0.638. The van der Waals surface area contributed by atoms with Gasteiger partial charge in [-0.2, -0.15) is 0 Å². The second kappa shape index (κ2) is 6.71. The largest absolute Gasteiger partial charge is 0.469 e. The fourth-order valence-electron chi connectivity index (χ4n) is 1.89. The summed E-state index contributed by atoms with van der Waals surface area (Å²) in [4.78, 5) is 35.0. The third kappa shape index (κ3) is 3.60. The maximum absolute atomic E-state index is 11.8. The van der Waals surface area contributed by atoms with Crippen LogP contribution in [0.4, 0.5) is 5.69 Å². The van der Waals surface area contributed by atoms with Crippen molar-refractivity contribution in [3.05, 3.63) is 53.5 Å². The Labute approximate surface area is 127 Å². The van der Waals surface area contributed by atoms with E-state index in [1.54, 1.807) is 31.2 Å². The molecule has 0 saturated carbocycles. The number of aryl methyl sites for hydroxylation is 1. The number of hydrogen-bond donors (Lipinski definition) is 1. The van der Waals surface area contributed by atoms with E-state index in [1.165, 1.54) is 19.3 Å². The lowest BCUT2D eigenvalue weighted by atomic mass is 10.1. The quantitative estimate of drug-likeness (QED) is 0.677. The molecule has 1 aromatic heterocycles. The summed E-state index contributed by atoms with van der Waals surface area (Å²) >= 11 is 0. The van der Waals surface area contributed by atoms with E-state index >= 15 is 0 Å². The zero-order valence-corrected chi connectivity index (χ0v) is 12.2. The number of para-hydroxylation sites is 1. The van der Waals surface area contributed by atoms with Crippen molar-refractivity contribution in [1.82, 2.24) is 0 Å². The van der Waals surface area contributed by atoms with Gasteiger partial charge < -0.3 is 14.5 Å². The Balaban J connectivity index is 1.95. The normalized spacial score (nSPS) is 10.1. The van der Waals surface area contributed by atoms with E-state index in [4.69, 9.17) is 9.15 Å². The third-order valence-electron chi connectivity index (χ3n) is 2.99. The number of amides is 1. The molecule has 0 aliphatic rings. The Morgan fingerprint density at radius 1 is 1.14 bits per heavy atom. The highest BCUT2D eigenvalue weighted by Crippen LogP contribution is 2.15. The fourth-order valence-corrected chi connectivity index (χ4v) is 1.89. The van der Waals surface area contributed by atoms with E-state index < -0.39 is 18.5 Å². The summed E-state index contributed by atoms with van der Waals surface area (Å²) in [6.07, 6.45) is 1.37. The lowest BCUT2D eigenvalue weighted by Crippen LogP contribution is -2.22. The van der Waals surface area contributed by atoms with Gasteiger partial charge in [-0.15, -0.1) is 0 Å². The molecule has 0 fully saturated rings. The highest BCUT2D eigenvalue weighted by atomic mass is 16.5. The number of carbonyl (C=O) groups excluding carboxylic acids is 3. The molecule has 1 aromatic carbocycles. The van der Waals surface area contributed by atoms with Gasteiger partial charge in [-0.1, -0.05) is 12.1 Å². The number of benzene rings is 1. The summed E-state index contributed by atoms with van der Waals surface area (Å²) in [5, 5.41) is 2.55. The predicted molar refractivity (Wildman–Crippen MR) is 78.8 cm³/mol. The van der Waals surface area contributed by atoms with Crippen LogP contribution in [0.15, 0.2) is 41.0 Å². The van der Waals surface area contributed by atoms with Crippen LogP contribution >= 0.6 is 0 Å². The molecular formula is C16H15NO5. The number of rotatable bonds is 5. The van der Waals surface area contributed by atoms with Crippen LogP contribution in [0.1, 0.15) is 33.4 Å². The summed E-state index contributed by atoms with van der Waals surface area (Å²) < 4.78 is 9.90. The molecule has 0 aliphatic heterocycles. The van der Waals surface area contributed by atoms with E-state index in [0.29, 0.717) is 17.0 Å². The molecule has 22 heavy (non-hydrogen) atoms. The van der Waals surface area contributed by atoms with Gasteiger partial charge in [0.1, 0.15) is 11.3 Å². The number of carbonyl (C=O) groups is 3. The number of hydrogen-bond acceptors (Lipinski definition) is 5. The van der Waals surface area contributed by atoms with Crippen LogP contribution in [-0.4, -0.2) is 24.3 Å². The van der Waals surface area contributed by atoms with Gasteiger partial charge >= 0.3 is 5.97 Å². The summed E-state index contributed by atoms with van der Waals surface area (Å²) in [6, 6.07) is 8.09. The Morgan fingerprint density at radius 2 is 1.86 bits per heavy atom. The number of esters is 1. The topological polar surface area (TPSA) is 85.6 Å². The molecule has 1 heterocycles. The number of ketones is 1. The maximum atomic E-state index is 11.8. The van der Waals surface area contributed by atoms with Gasteiger partial charge in [-0.05, 0) is 32.0 Å². The summed E-state index contributed by atoms with van der Waals surface area (Å²) in [5.74, 6) is -0.904. The second-order valence-electron chi connectivity index (χ2n) is 4.62. The zero-order valence-electron chi connectivity index (χ0n) is 12.2. The number of ether oxygens (including phenoxy) is 1. The molecule has 0 saturated heterocycles. The monoisotopic (exact) mass is 301 g/mol. The third-order valence-corrected chi connectivity index (χ3v) is 2.99. The van der Waals surface area contributed by atoms with Crippen LogP contribution < -0.4 is 5.32 Å². The van der Waals surface area contributed by atoms with Crippen LogP contribution in [-0.2, 0) is 9.53 Å². The number of nitrogens with one attached hydrogen (secondary N) is 1. The summed E-state index contributed by atoms with van der Waals surface area (Å²) in [7, 11) is 0. The number of Topliss-reactive ketones (excluding diaryl/α,β-unsaturated/α-hetero) is 1. The number of furan rings is 1. The van der Waals surface area contributed by atoms with Gasteiger partial charge in [0, 0.05) is 5.56 Å². The molecule has 6 heteroatoms. The predicted octanol–water partition coefficient (Wildman–Crippen LogP) is 2.59. The van der Waals surface area contributed by atoms with E-state index in [1.807, 2.05) is 0 Å². The van der Waals surface area contributed by atoms with Crippen molar-refractivity contribution in [1.29, 1.82) is 0 Å². The van der Waals surface area contributed by atoms with E-state index in [-0.39, 0.29) is 11.3 Å². The summed E-state index contributed by atoms with van der Waals surface area (Å²) in [5.41, 5.74) is 1.06. The molecule has 0 spiro atoms. The van der Waals surface area contributed by atoms with Gasteiger partial charge in [0.15, 0.2) is 12.4 Å². The van der Waals surface area contributed by atoms with Gasteiger partial charge in [0.2, 0.25) is 0 Å². The molecule has 0 bridgehead atoms. The molecule has 1 amide bonds. The van der Waals surface area contributed by atoms with Crippen LogP contribution in [0.25, 0.3) is 0 Å². The second-order valence-corrected chi connectivity index (χ2v) is 4.62. The van der Waals surface area contributed by atoms with Crippen molar-refractivity contribution in [3.63, 3.8) is 0 Å². The Hall–Kier alpha value is -2.89. The number of anilines is 1. The van der Waals surface area contributed by atoms with Gasteiger partial charge in [-0.25, -0.2) is 4.79 Å². The van der Waals surface area contributed by atoms with E-state index in [9.17, 15) is 14.4 Å². The molecule has 0 radical (unpaired) electrons. The minimum absolute atomic E-state index is 0.165. The first kappa shape index (κ1) is 15.5. The van der Waals surface area contributed by atoms with Gasteiger partial charge in [0.05, 0.1) is 12.0 Å². The first-order chi connectivity index (χ1) is 10.5. The average molecular weight is 301 g/mol. The molecule has 114 valence electrons. The Bertz CT molecular complexity index is 717. The van der Waals surface area contributed by atoms with Crippen LogP contribution in [0, 0.1) is 6.92 Å². The standard InChI is InChI=1S/C16H15NO5/c1-10(18)12-5-3-4-6-14(12)17-15(19)9-22-16(20)13-7-8-21-11(13)2/h3-8H,9H2,1-2H3,(H,17,19). The van der Waals surface area contributed by atoms with Crippen molar-refractivity contribution in [3.8, 4) is 0 Å². The zero-order chi connectivity index (χ0) is 16.1. The van der Waals surface area contributed by atoms with Crippen LogP contribution in [0.3, 0.4) is 0 Å². The van der Waals surface area contributed by atoms with Crippen molar-refractivity contribution in [2.75, 3.05) is 11.9 Å². The smallest absolute Gasteiger partial charge is 0.342 e. The van der Waals surface area contributed by atoms with E-state index in [0.717, 1.165) is 0 Å². The van der Waals surface area contributed by atoms with Gasteiger partial charge in [0.25, 0.3) is 5.91 Å². The van der Waals surface area contributed by atoms with Crippen molar-refractivity contribution in [2.24, 2.45) is 0 Å². The molecule has 1 N–H and O–H groups in total. The first-order valence-electron chi connectivity index (χ1n) is 6.60. The maximum Gasteiger partial charge on any atom is 0.342 e.